The van der Waals surface area contributed by atoms with Gasteiger partial charge in [0.1, 0.15) is 0 Å². The van der Waals surface area contributed by atoms with Crippen molar-refractivity contribution in [3.05, 3.63) is 0 Å². The molecule has 1 fully saturated rings. The summed E-state index contributed by atoms with van der Waals surface area (Å²) in [4.78, 5) is 2.49. The zero-order chi connectivity index (χ0) is 14.8. The highest BCUT2D eigenvalue weighted by Crippen LogP contribution is 2.18. The molecule has 2 atom stereocenters. The van der Waals surface area contributed by atoms with Gasteiger partial charge in [-0.1, -0.05) is 20.8 Å². The minimum absolute atomic E-state index is 0.0853. The molecule has 0 aromatic carbocycles. The van der Waals surface area contributed by atoms with Crippen molar-refractivity contribution in [2.45, 2.75) is 64.5 Å². The van der Waals surface area contributed by atoms with Gasteiger partial charge in [0.05, 0.1) is 12.7 Å². The maximum atomic E-state index is 9.66. The first kappa shape index (κ1) is 17.9. The molecular weight excluding hydrogens is 252 g/mol. The lowest BCUT2D eigenvalue weighted by Crippen LogP contribution is -2.48. The summed E-state index contributed by atoms with van der Waals surface area (Å²) in [6.07, 6.45) is 6.01. The molecule has 1 saturated heterocycles. The van der Waals surface area contributed by atoms with Gasteiger partial charge in [0, 0.05) is 18.7 Å². The first-order valence-electron chi connectivity index (χ1n) is 8.39. The molecule has 2 unspecified atom stereocenters. The summed E-state index contributed by atoms with van der Waals surface area (Å²) in [5.41, 5.74) is -0.0853. The highest BCUT2D eigenvalue weighted by atomic mass is 16.5. The number of aliphatic hydroxyl groups excluding tert-OH is 1. The zero-order valence-corrected chi connectivity index (χ0v) is 13.7. The van der Waals surface area contributed by atoms with Crippen LogP contribution in [0.15, 0.2) is 0 Å². The average Bonchev–Trinajstić information content (AvgIpc) is 2.98. The van der Waals surface area contributed by atoms with Gasteiger partial charge in [0.2, 0.25) is 0 Å². The van der Waals surface area contributed by atoms with E-state index in [0.29, 0.717) is 6.10 Å². The Morgan fingerprint density at radius 2 is 2.15 bits per heavy atom. The topological polar surface area (TPSA) is 44.7 Å². The van der Waals surface area contributed by atoms with E-state index in [9.17, 15) is 5.11 Å². The average molecular weight is 286 g/mol. The van der Waals surface area contributed by atoms with Gasteiger partial charge in [-0.15, -0.1) is 0 Å². The molecule has 0 spiro atoms. The van der Waals surface area contributed by atoms with E-state index in [1.165, 1.54) is 12.8 Å². The minimum atomic E-state index is -0.0853. The molecule has 0 amide bonds. The largest absolute Gasteiger partial charge is 0.394 e. The summed E-state index contributed by atoms with van der Waals surface area (Å²) in [5.74, 6) is 0. The van der Waals surface area contributed by atoms with Crippen LogP contribution in [0.1, 0.15) is 52.9 Å². The second kappa shape index (κ2) is 9.72. The van der Waals surface area contributed by atoms with Crippen molar-refractivity contribution < 1.29 is 9.84 Å². The van der Waals surface area contributed by atoms with Crippen molar-refractivity contribution >= 4 is 0 Å². The van der Waals surface area contributed by atoms with Gasteiger partial charge in [0.25, 0.3) is 0 Å². The van der Waals surface area contributed by atoms with Gasteiger partial charge in [-0.3, -0.25) is 0 Å². The van der Waals surface area contributed by atoms with Crippen LogP contribution in [0.2, 0.25) is 0 Å². The zero-order valence-electron chi connectivity index (χ0n) is 13.7. The van der Waals surface area contributed by atoms with E-state index in [0.717, 1.165) is 52.0 Å². The van der Waals surface area contributed by atoms with E-state index < -0.39 is 0 Å². The van der Waals surface area contributed by atoms with E-state index in [-0.39, 0.29) is 12.1 Å². The first-order valence-corrected chi connectivity index (χ1v) is 8.39. The number of nitrogens with one attached hydrogen (secondary N) is 1. The first-order chi connectivity index (χ1) is 9.69. The fourth-order valence-electron chi connectivity index (χ4n) is 3.11. The van der Waals surface area contributed by atoms with E-state index >= 15 is 0 Å². The molecule has 2 N–H and O–H groups in total. The van der Waals surface area contributed by atoms with Crippen LogP contribution in [-0.4, -0.2) is 61.0 Å². The fraction of sp³-hybridized carbons (Fsp3) is 1.00. The molecule has 20 heavy (non-hydrogen) atoms. The number of ether oxygens (including phenoxy) is 1. The van der Waals surface area contributed by atoms with Crippen molar-refractivity contribution in [2.75, 3.05) is 39.4 Å². The standard InChI is InChI=1S/C16H34N2O2/c1-4-16(14-19,17-5-2)10-8-11-18(6-3)13-15-9-7-12-20-15/h15,17,19H,4-14H2,1-3H3. The van der Waals surface area contributed by atoms with Gasteiger partial charge in [-0.2, -0.15) is 0 Å². The molecule has 0 aromatic heterocycles. The fourth-order valence-corrected chi connectivity index (χ4v) is 3.11. The summed E-state index contributed by atoms with van der Waals surface area (Å²) in [6, 6.07) is 0. The summed E-state index contributed by atoms with van der Waals surface area (Å²) < 4.78 is 5.72. The monoisotopic (exact) mass is 286 g/mol. The van der Waals surface area contributed by atoms with Gasteiger partial charge in [0.15, 0.2) is 0 Å². The Labute approximate surface area is 124 Å². The third-order valence-electron chi connectivity index (χ3n) is 4.59. The van der Waals surface area contributed by atoms with Crippen LogP contribution in [0.25, 0.3) is 0 Å². The van der Waals surface area contributed by atoms with Gasteiger partial charge in [-0.05, 0) is 51.7 Å². The lowest BCUT2D eigenvalue weighted by Gasteiger charge is -2.33. The summed E-state index contributed by atoms with van der Waals surface area (Å²) in [7, 11) is 0. The van der Waals surface area contributed by atoms with E-state index in [1.54, 1.807) is 0 Å². The Balaban J connectivity index is 2.31. The van der Waals surface area contributed by atoms with Crippen molar-refractivity contribution in [2.24, 2.45) is 0 Å². The van der Waals surface area contributed by atoms with Crippen LogP contribution < -0.4 is 5.32 Å². The number of hydrogen-bond acceptors (Lipinski definition) is 4. The molecular formula is C16H34N2O2. The second-order valence-corrected chi connectivity index (χ2v) is 5.95. The molecule has 0 aromatic rings. The molecule has 1 rings (SSSR count). The summed E-state index contributed by atoms with van der Waals surface area (Å²) in [6.45, 7) is 11.8. The number of hydrogen-bond donors (Lipinski definition) is 2. The van der Waals surface area contributed by atoms with Crippen LogP contribution >= 0.6 is 0 Å². The number of rotatable bonds is 11. The third-order valence-corrected chi connectivity index (χ3v) is 4.59. The number of aliphatic hydroxyl groups is 1. The van der Waals surface area contributed by atoms with E-state index in [1.807, 2.05) is 0 Å². The lowest BCUT2D eigenvalue weighted by atomic mass is 9.91. The highest BCUT2D eigenvalue weighted by molar-refractivity contribution is 4.86. The van der Waals surface area contributed by atoms with Crippen molar-refractivity contribution in [3.63, 3.8) is 0 Å². The van der Waals surface area contributed by atoms with Crippen molar-refractivity contribution in [1.29, 1.82) is 0 Å². The Bertz CT molecular complexity index is 239. The van der Waals surface area contributed by atoms with E-state index in [4.69, 9.17) is 4.74 Å². The van der Waals surface area contributed by atoms with Crippen LogP contribution in [0.4, 0.5) is 0 Å². The quantitative estimate of drug-likeness (QED) is 0.610. The normalized spacial score (nSPS) is 22.4. The molecule has 4 heteroatoms. The van der Waals surface area contributed by atoms with Crippen LogP contribution in [0.5, 0.6) is 0 Å². The Hall–Kier alpha value is -0.160. The summed E-state index contributed by atoms with van der Waals surface area (Å²) in [5, 5.41) is 13.1. The minimum Gasteiger partial charge on any atom is -0.394 e. The van der Waals surface area contributed by atoms with E-state index in [2.05, 4.69) is 31.0 Å². The molecule has 0 bridgehead atoms. The number of nitrogens with zero attached hydrogens (tertiary/aromatic N) is 1. The molecule has 120 valence electrons. The molecule has 0 saturated carbocycles. The molecule has 4 nitrogen and oxygen atoms in total. The lowest BCUT2D eigenvalue weighted by molar-refractivity contribution is 0.0719. The van der Waals surface area contributed by atoms with Crippen molar-refractivity contribution in [3.8, 4) is 0 Å². The SMILES string of the molecule is CCNC(CC)(CO)CCCN(CC)CC1CCCO1. The van der Waals surface area contributed by atoms with Crippen molar-refractivity contribution in [1.82, 2.24) is 10.2 Å². The smallest absolute Gasteiger partial charge is 0.0702 e. The predicted molar refractivity (Wildman–Crippen MR) is 84.1 cm³/mol. The Kier molecular flexibility index (Phi) is 8.69. The van der Waals surface area contributed by atoms with Gasteiger partial charge in [-0.25, -0.2) is 0 Å². The highest BCUT2D eigenvalue weighted by Gasteiger charge is 2.26. The molecule has 1 aliphatic heterocycles. The van der Waals surface area contributed by atoms with Crippen LogP contribution in [0, 0.1) is 0 Å². The maximum absolute atomic E-state index is 9.66. The van der Waals surface area contributed by atoms with Gasteiger partial charge >= 0.3 is 0 Å². The second-order valence-electron chi connectivity index (χ2n) is 5.95. The Morgan fingerprint density at radius 1 is 1.35 bits per heavy atom. The summed E-state index contributed by atoms with van der Waals surface area (Å²) >= 11 is 0. The van der Waals surface area contributed by atoms with Gasteiger partial charge < -0.3 is 20.1 Å². The predicted octanol–water partition coefficient (Wildman–Crippen LogP) is 2.02. The molecule has 0 radical (unpaired) electrons. The molecule has 1 heterocycles. The maximum Gasteiger partial charge on any atom is 0.0702 e. The number of likely N-dealkylation sites (N-methyl/N-ethyl adjacent to an activating group) is 2. The Morgan fingerprint density at radius 3 is 2.65 bits per heavy atom. The molecule has 0 aliphatic carbocycles. The van der Waals surface area contributed by atoms with Crippen LogP contribution in [-0.2, 0) is 4.74 Å². The molecule has 1 aliphatic rings. The third kappa shape index (κ3) is 5.68. The van der Waals surface area contributed by atoms with Crippen LogP contribution in [0.3, 0.4) is 0 Å².